The number of alkyl halides is 3. The summed E-state index contributed by atoms with van der Waals surface area (Å²) in [6.07, 6.45) is -3.42. The predicted octanol–water partition coefficient (Wildman–Crippen LogP) is 2.02. The number of hydrogen-bond donors (Lipinski definition) is 1. The van der Waals surface area contributed by atoms with Crippen LogP contribution >= 0.6 is 11.6 Å². The molecule has 1 aromatic rings. The van der Waals surface area contributed by atoms with Crippen LogP contribution in [0.5, 0.6) is 0 Å². The highest BCUT2D eigenvalue weighted by Crippen LogP contribution is 2.22. The van der Waals surface area contributed by atoms with Gasteiger partial charge in [-0.05, 0) is 25.0 Å². The quantitative estimate of drug-likeness (QED) is 0.925. The molecule has 0 unspecified atom stereocenters. The number of carbonyl (C=O) groups is 1. The Hall–Kier alpha value is -1.57. The molecule has 9 heteroatoms. The minimum absolute atomic E-state index is 0.292. The molecule has 0 radical (unpaired) electrons. The largest absolute Gasteiger partial charge is 0.405 e. The van der Waals surface area contributed by atoms with Crippen LogP contribution in [0.4, 0.5) is 19.0 Å². The minimum Gasteiger partial charge on any atom is -0.355 e. The number of anilines is 1. The van der Waals surface area contributed by atoms with E-state index in [2.05, 4.69) is 10.2 Å². The van der Waals surface area contributed by atoms with Gasteiger partial charge in [-0.2, -0.15) is 13.2 Å². The molecule has 1 amide bonds. The number of rotatable bonds is 3. The molecule has 1 N–H and O–H groups in total. The van der Waals surface area contributed by atoms with Crippen molar-refractivity contribution < 1.29 is 18.0 Å². The molecule has 5 nitrogen and oxygen atoms in total. The Balaban J connectivity index is 1.82. The molecular weight excluding hydrogens is 309 g/mol. The number of piperidine rings is 1. The van der Waals surface area contributed by atoms with Gasteiger partial charge in [0.1, 0.15) is 6.54 Å². The Morgan fingerprint density at radius 2 is 2.00 bits per heavy atom. The van der Waals surface area contributed by atoms with E-state index in [1.807, 2.05) is 10.2 Å². The van der Waals surface area contributed by atoms with Crippen LogP contribution in [0.15, 0.2) is 12.1 Å². The SMILES string of the molecule is O=C(NCC(F)(F)F)C1CCN(c2ccc(Cl)nn2)CC1. The fraction of sp³-hybridized carbons (Fsp3) is 0.583. The summed E-state index contributed by atoms with van der Waals surface area (Å²) < 4.78 is 36.2. The zero-order valence-corrected chi connectivity index (χ0v) is 11.8. The summed E-state index contributed by atoms with van der Waals surface area (Å²) in [6, 6.07) is 3.34. The summed E-state index contributed by atoms with van der Waals surface area (Å²) in [4.78, 5) is 13.6. The first-order chi connectivity index (χ1) is 9.85. The van der Waals surface area contributed by atoms with Gasteiger partial charge in [-0.25, -0.2) is 0 Å². The first-order valence-corrected chi connectivity index (χ1v) is 6.81. The van der Waals surface area contributed by atoms with E-state index in [0.717, 1.165) is 0 Å². The van der Waals surface area contributed by atoms with Crippen LogP contribution < -0.4 is 10.2 Å². The Morgan fingerprint density at radius 3 is 2.52 bits per heavy atom. The van der Waals surface area contributed by atoms with Crippen LogP contribution in [0, 0.1) is 5.92 Å². The van der Waals surface area contributed by atoms with Gasteiger partial charge < -0.3 is 10.2 Å². The van der Waals surface area contributed by atoms with Gasteiger partial charge in [0.05, 0.1) is 0 Å². The van der Waals surface area contributed by atoms with Crippen LogP contribution in [0.1, 0.15) is 12.8 Å². The van der Waals surface area contributed by atoms with Crippen molar-refractivity contribution in [3.63, 3.8) is 0 Å². The molecule has 116 valence electrons. The molecule has 2 rings (SSSR count). The van der Waals surface area contributed by atoms with Crippen molar-refractivity contribution in [2.75, 3.05) is 24.5 Å². The molecule has 2 heterocycles. The second kappa shape index (κ2) is 6.46. The maximum Gasteiger partial charge on any atom is 0.405 e. The Labute approximate surface area is 124 Å². The van der Waals surface area contributed by atoms with Crippen molar-refractivity contribution >= 4 is 23.3 Å². The van der Waals surface area contributed by atoms with Crippen molar-refractivity contribution in [3.8, 4) is 0 Å². The fourth-order valence-electron chi connectivity index (χ4n) is 2.18. The van der Waals surface area contributed by atoms with Gasteiger partial charge in [0.15, 0.2) is 11.0 Å². The van der Waals surface area contributed by atoms with Gasteiger partial charge in [0.2, 0.25) is 5.91 Å². The molecule has 1 aliphatic heterocycles. The maximum atomic E-state index is 12.1. The number of hydrogen-bond acceptors (Lipinski definition) is 4. The summed E-state index contributed by atoms with van der Waals surface area (Å²) in [6.45, 7) is -0.199. The van der Waals surface area contributed by atoms with Crippen LogP contribution in [-0.2, 0) is 4.79 Å². The lowest BCUT2D eigenvalue weighted by Gasteiger charge is -2.31. The lowest BCUT2D eigenvalue weighted by molar-refractivity contribution is -0.141. The number of amides is 1. The van der Waals surface area contributed by atoms with Crippen LogP contribution in [-0.4, -0.2) is 41.9 Å². The van der Waals surface area contributed by atoms with Crippen molar-refractivity contribution in [3.05, 3.63) is 17.3 Å². The van der Waals surface area contributed by atoms with Gasteiger partial charge in [0.25, 0.3) is 0 Å². The van der Waals surface area contributed by atoms with E-state index in [4.69, 9.17) is 11.6 Å². The smallest absolute Gasteiger partial charge is 0.355 e. The van der Waals surface area contributed by atoms with E-state index in [0.29, 0.717) is 36.9 Å². The van der Waals surface area contributed by atoms with Crippen LogP contribution in [0.3, 0.4) is 0 Å². The van der Waals surface area contributed by atoms with E-state index < -0.39 is 24.5 Å². The van der Waals surface area contributed by atoms with Crippen LogP contribution in [0.25, 0.3) is 0 Å². The molecule has 21 heavy (non-hydrogen) atoms. The van der Waals surface area contributed by atoms with Gasteiger partial charge in [-0.3, -0.25) is 4.79 Å². The monoisotopic (exact) mass is 322 g/mol. The van der Waals surface area contributed by atoms with Gasteiger partial charge >= 0.3 is 6.18 Å². The molecular formula is C12H14ClF3N4O. The molecule has 1 aliphatic rings. The summed E-state index contributed by atoms with van der Waals surface area (Å²) in [5.74, 6) is -0.299. The molecule has 0 aromatic carbocycles. The Bertz CT molecular complexity index is 486. The molecule has 1 aromatic heterocycles. The lowest BCUT2D eigenvalue weighted by atomic mass is 9.96. The van der Waals surface area contributed by atoms with Crippen molar-refractivity contribution in [1.82, 2.24) is 15.5 Å². The van der Waals surface area contributed by atoms with E-state index >= 15 is 0 Å². The van der Waals surface area contributed by atoms with E-state index in [1.54, 1.807) is 12.1 Å². The van der Waals surface area contributed by atoms with Crippen molar-refractivity contribution in [2.45, 2.75) is 19.0 Å². The lowest BCUT2D eigenvalue weighted by Crippen LogP contribution is -2.43. The van der Waals surface area contributed by atoms with E-state index in [-0.39, 0.29) is 0 Å². The number of carbonyl (C=O) groups excluding carboxylic acids is 1. The predicted molar refractivity (Wildman–Crippen MR) is 71.0 cm³/mol. The average Bonchev–Trinajstić information content (AvgIpc) is 2.45. The molecule has 0 bridgehead atoms. The molecule has 0 atom stereocenters. The second-order valence-corrected chi connectivity index (χ2v) is 5.20. The summed E-state index contributed by atoms with van der Waals surface area (Å²) in [5, 5.41) is 9.89. The van der Waals surface area contributed by atoms with E-state index in [9.17, 15) is 18.0 Å². The average molecular weight is 323 g/mol. The fourth-order valence-corrected chi connectivity index (χ4v) is 2.28. The third-order valence-corrected chi connectivity index (χ3v) is 3.47. The van der Waals surface area contributed by atoms with Gasteiger partial charge in [-0.1, -0.05) is 11.6 Å². The standard InChI is InChI=1S/C12H14ClF3N4O/c13-9-1-2-10(19-18-9)20-5-3-8(4-6-20)11(21)17-7-12(14,15)16/h1-2,8H,3-7H2,(H,17,21). The highest BCUT2D eigenvalue weighted by Gasteiger charge is 2.31. The zero-order valence-electron chi connectivity index (χ0n) is 11.0. The zero-order chi connectivity index (χ0) is 15.5. The normalized spacial score (nSPS) is 16.9. The Kier molecular flexibility index (Phi) is 4.87. The second-order valence-electron chi connectivity index (χ2n) is 4.81. The molecule has 1 fully saturated rings. The van der Waals surface area contributed by atoms with Gasteiger partial charge in [0, 0.05) is 19.0 Å². The first-order valence-electron chi connectivity index (χ1n) is 6.44. The number of nitrogens with zero attached hydrogens (tertiary/aromatic N) is 3. The molecule has 0 spiro atoms. The Morgan fingerprint density at radius 1 is 1.33 bits per heavy atom. The number of aromatic nitrogens is 2. The maximum absolute atomic E-state index is 12.1. The van der Waals surface area contributed by atoms with Crippen LogP contribution in [0.2, 0.25) is 5.15 Å². The number of halogens is 4. The van der Waals surface area contributed by atoms with E-state index in [1.165, 1.54) is 0 Å². The summed E-state index contributed by atoms with van der Waals surface area (Å²) in [5.41, 5.74) is 0. The van der Waals surface area contributed by atoms with Crippen molar-refractivity contribution in [2.24, 2.45) is 5.92 Å². The third-order valence-electron chi connectivity index (χ3n) is 3.27. The first kappa shape index (κ1) is 15.8. The summed E-state index contributed by atoms with van der Waals surface area (Å²) in [7, 11) is 0. The topological polar surface area (TPSA) is 58.1 Å². The minimum atomic E-state index is -4.38. The highest BCUT2D eigenvalue weighted by molar-refractivity contribution is 6.29. The molecule has 1 saturated heterocycles. The molecule has 0 aliphatic carbocycles. The van der Waals surface area contributed by atoms with Gasteiger partial charge in [-0.15, -0.1) is 10.2 Å². The number of nitrogens with one attached hydrogen (secondary N) is 1. The summed E-state index contributed by atoms with van der Waals surface area (Å²) >= 11 is 5.65. The molecule has 0 saturated carbocycles. The third kappa shape index (κ3) is 4.73. The van der Waals surface area contributed by atoms with Crippen molar-refractivity contribution in [1.29, 1.82) is 0 Å². The highest BCUT2D eigenvalue weighted by atomic mass is 35.5.